The maximum atomic E-state index is 12.6. The first-order valence-electron chi connectivity index (χ1n) is 8.44. The second kappa shape index (κ2) is 8.15. The van der Waals surface area contributed by atoms with E-state index in [0.717, 1.165) is 26.9 Å². The number of benzene rings is 3. The molecule has 4 nitrogen and oxygen atoms in total. The van der Waals surface area contributed by atoms with Gasteiger partial charge in [0.25, 0.3) is 0 Å². The van der Waals surface area contributed by atoms with Crippen LogP contribution in [0.1, 0.15) is 16.7 Å². The first-order valence-corrected chi connectivity index (χ1v) is 10.6. The van der Waals surface area contributed by atoms with Crippen LogP contribution in [0, 0.1) is 13.8 Å². The number of nitrogens with one attached hydrogen (secondary N) is 1. The van der Waals surface area contributed by atoms with Crippen LogP contribution >= 0.6 is 15.9 Å². The zero-order chi connectivity index (χ0) is 19.4. The highest BCUT2D eigenvalue weighted by molar-refractivity contribution is 9.10. The van der Waals surface area contributed by atoms with Crippen LogP contribution in [0.25, 0.3) is 0 Å². The van der Waals surface area contributed by atoms with E-state index in [2.05, 4.69) is 21.2 Å². The second-order valence-electron chi connectivity index (χ2n) is 6.27. The molecule has 0 bridgehead atoms. The van der Waals surface area contributed by atoms with Crippen molar-refractivity contribution in [3.05, 3.63) is 87.9 Å². The maximum absolute atomic E-state index is 12.6. The molecule has 0 fully saturated rings. The van der Waals surface area contributed by atoms with Crippen molar-refractivity contribution in [2.24, 2.45) is 0 Å². The summed E-state index contributed by atoms with van der Waals surface area (Å²) in [7, 11) is -3.90. The Labute approximate surface area is 168 Å². The molecule has 0 aliphatic carbocycles. The molecular weight excluding hydrogens is 426 g/mol. The highest BCUT2D eigenvalue weighted by Crippen LogP contribution is 2.28. The van der Waals surface area contributed by atoms with Gasteiger partial charge in [-0.05, 0) is 55.8 Å². The molecule has 0 unspecified atom stereocenters. The van der Waals surface area contributed by atoms with Gasteiger partial charge in [-0.1, -0.05) is 51.8 Å². The van der Waals surface area contributed by atoms with E-state index in [4.69, 9.17) is 4.18 Å². The Morgan fingerprint density at radius 2 is 1.67 bits per heavy atom. The van der Waals surface area contributed by atoms with Gasteiger partial charge in [-0.25, -0.2) is 0 Å². The molecule has 3 aromatic carbocycles. The fraction of sp³-hybridized carbons (Fsp3) is 0.143. The van der Waals surface area contributed by atoms with Crippen molar-refractivity contribution in [2.45, 2.75) is 25.3 Å². The molecule has 3 rings (SSSR count). The van der Waals surface area contributed by atoms with Crippen molar-refractivity contribution in [2.75, 3.05) is 5.32 Å². The van der Waals surface area contributed by atoms with Crippen molar-refractivity contribution < 1.29 is 12.6 Å². The van der Waals surface area contributed by atoms with E-state index in [1.54, 1.807) is 36.4 Å². The maximum Gasteiger partial charge on any atom is 0.339 e. The molecule has 0 heterocycles. The third kappa shape index (κ3) is 4.90. The first kappa shape index (κ1) is 19.5. The minimum absolute atomic E-state index is 0.133. The molecule has 6 heteroatoms. The van der Waals surface area contributed by atoms with E-state index in [0.29, 0.717) is 12.3 Å². The van der Waals surface area contributed by atoms with E-state index in [1.165, 1.54) is 0 Å². The monoisotopic (exact) mass is 445 g/mol. The first-order chi connectivity index (χ1) is 12.8. The molecule has 0 aliphatic heterocycles. The van der Waals surface area contributed by atoms with E-state index in [-0.39, 0.29) is 4.90 Å². The molecule has 0 amide bonds. The lowest BCUT2D eigenvalue weighted by atomic mass is 10.1. The number of hydrogen-bond acceptors (Lipinski definition) is 4. The van der Waals surface area contributed by atoms with Gasteiger partial charge < -0.3 is 9.50 Å². The summed E-state index contributed by atoms with van der Waals surface area (Å²) in [4.78, 5) is 0.133. The molecule has 0 saturated heterocycles. The summed E-state index contributed by atoms with van der Waals surface area (Å²) in [6, 6.07) is 19.8. The van der Waals surface area contributed by atoms with Gasteiger partial charge in [-0.15, -0.1) is 0 Å². The predicted octanol–water partition coefficient (Wildman–Crippen LogP) is 5.45. The van der Waals surface area contributed by atoms with Crippen LogP contribution in [0.4, 0.5) is 5.69 Å². The van der Waals surface area contributed by atoms with Gasteiger partial charge >= 0.3 is 10.1 Å². The van der Waals surface area contributed by atoms with Crippen LogP contribution in [0.15, 0.2) is 76.1 Å². The average molecular weight is 446 g/mol. The zero-order valence-electron chi connectivity index (χ0n) is 15.1. The summed E-state index contributed by atoms with van der Waals surface area (Å²) in [6.07, 6.45) is 0. The minimum atomic E-state index is -3.90. The SMILES string of the molecule is Cc1ccc(S(=O)(=O)Oc2ccc(Br)cc2CNc2ccccc2C)cc1. The smallest absolute Gasteiger partial charge is 0.339 e. The molecule has 0 saturated carbocycles. The van der Waals surface area contributed by atoms with Crippen molar-refractivity contribution in [1.82, 2.24) is 0 Å². The van der Waals surface area contributed by atoms with E-state index in [1.807, 2.05) is 44.2 Å². The topological polar surface area (TPSA) is 55.4 Å². The zero-order valence-corrected chi connectivity index (χ0v) is 17.5. The van der Waals surface area contributed by atoms with Crippen LogP contribution in [0.3, 0.4) is 0 Å². The van der Waals surface area contributed by atoms with Gasteiger partial charge in [0.2, 0.25) is 0 Å². The van der Waals surface area contributed by atoms with Gasteiger partial charge in [0, 0.05) is 22.3 Å². The van der Waals surface area contributed by atoms with Crippen molar-refractivity contribution >= 4 is 31.7 Å². The summed E-state index contributed by atoms with van der Waals surface area (Å²) in [5.74, 6) is 0.305. The molecule has 0 atom stereocenters. The van der Waals surface area contributed by atoms with E-state index >= 15 is 0 Å². The van der Waals surface area contributed by atoms with E-state index in [9.17, 15) is 8.42 Å². The highest BCUT2D eigenvalue weighted by atomic mass is 79.9. The second-order valence-corrected chi connectivity index (χ2v) is 8.73. The number of halogens is 1. The van der Waals surface area contributed by atoms with Crippen LogP contribution in [-0.4, -0.2) is 8.42 Å². The van der Waals surface area contributed by atoms with E-state index < -0.39 is 10.1 Å². The molecule has 27 heavy (non-hydrogen) atoms. The summed E-state index contributed by atoms with van der Waals surface area (Å²) in [5.41, 5.74) is 3.83. The molecular formula is C21H20BrNO3S. The summed E-state index contributed by atoms with van der Waals surface area (Å²) in [6.45, 7) is 4.35. The number of anilines is 1. The Morgan fingerprint density at radius 1 is 0.963 bits per heavy atom. The number of rotatable bonds is 6. The normalized spacial score (nSPS) is 11.2. The Hall–Kier alpha value is -2.31. The lowest BCUT2D eigenvalue weighted by molar-refractivity contribution is 0.483. The van der Waals surface area contributed by atoms with Crippen molar-refractivity contribution in [1.29, 1.82) is 0 Å². The molecule has 0 aromatic heterocycles. The third-order valence-corrected chi connectivity index (χ3v) is 5.89. The lowest BCUT2D eigenvalue weighted by Gasteiger charge is -2.14. The lowest BCUT2D eigenvalue weighted by Crippen LogP contribution is -2.12. The summed E-state index contributed by atoms with van der Waals surface area (Å²) >= 11 is 3.44. The predicted molar refractivity (Wildman–Crippen MR) is 112 cm³/mol. The van der Waals surface area contributed by atoms with Crippen LogP contribution in [0.2, 0.25) is 0 Å². The fourth-order valence-electron chi connectivity index (χ4n) is 2.60. The minimum Gasteiger partial charge on any atom is -0.381 e. The Balaban J connectivity index is 1.85. The fourth-order valence-corrected chi connectivity index (χ4v) is 3.97. The number of para-hydroxylation sites is 1. The standard InChI is InChI=1S/C21H20BrNO3S/c1-15-7-10-19(11-8-15)27(24,25)26-21-12-9-18(22)13-17(21)14-23-20-6-4-3-5-16(20)2/h3-13,23H,14H2,1-2H3. The van der Waals surface area contributed by atoms with Crippen molar-refractivity contribution in [3.8, 4) is 5.75 Å². The molecule has 1 N–H and O–H groups in total. The van der Waals surface area contributed by atoms with Crippen LogP contribution in [-0.2, 0) is 16.7 Å². The van der Waals surface area contributed by atoms with Crippen molar-refractivity contribution in [3.63, 3.8) is 0 Å². The molecule has 0 aliphatic rings. The average Bonchev–Trinajstić information content (AvgIpc) is 2.63. The highest BCUT2D eigenvalue weighted by Gasteiger charge is 2.18. The molecule has 140 valence electrons. The van der Waals surface area contributed by atoms with Crippen LogP contribution in [0.5, 0.6) is 5.75 Å². The number of aryl methyl sites for hydroxylation is 2. The number of hydrogen-bond donors (Lipinski definition) is 1. The largest absolute Gasteiger partial charge is 0.381 e. The van der Waals surface area contributed by atoms with Gasteiger partial charge in [0.15, 0.2) is 0 Å². The molecule has 0 radical (unpaired) electrons. The van der Waals surface area contributed by atoms with Gasteiger partial charge in [0.05, 0.1) is 0 Å². The summed E-state index contributed by atoms with van der Waals surface area (Å²) in [5, 5.41) is 3.33. The quantitative estimate of drug-likeness (QED) is 0.512. The van der Waals surface area contributed by atoms with Gasteiger partial charge in [-0.2, -0.15) is 8.42 Å². The Bertz CT molecular complexity index is 1050. The summed E-state index contributed by atoms with van der Waals surface area (Å²) < 4.78 is 31.5. The van der Waals surface area contributed by atoms with Crippen LogP contribution < -0.4 is 9.50 Å². The molecule has 3 aromatic rings. The van der Waals surface area contributed by atoms with Gasteiger partial charge in [-0.3, -0.25) is 0 Å². The molecule has 0 spiro atoms. The van der Waals surface area contributed by atoms with Gasteiger partial charge in [0.1, 0.15) is 10.6 Å². The Morgan fingerprint density at radius 3 is 2.37 bits per heavy atom. The third-order valence-electron chi connectivity index (χ3n) is 4.15. The Kier molecular flexibility index (Phi) is 5.87.